The standard InChI is InChI=1S/C8H16N4OS/c1-3-9-7(4-13)5-14-8-10-6-11-12(8)2/h6-7,9,13H,3-5H2,1-2H3. The lowest BCUT2D eigenvalue weighted by Crippen LogP contribution is -2.34. The largest absolute Gasteiger partial charge is 0.395 e. The number of nitrogens with zero attached hydrogens (tertiary/aromatic N) is 3. The van der Waals surface area contributed by atoms with Crippen molar-refractivity contribution >= 4 is 11.8 Å². The molecule has 5 nitrogen and oxygen atoms in total. The van der Waals surface area contributed by atoms with Crippen LogP contribution in [0, 0.1) is 0 Å². The Kier molecular flexibility index (Phi) is 4.92. The van der Waals surface area contributed by atoms with Gasteiger partial charge in [0.2, 0.25) is 0 Å². The monoisotopic (exact) mass is 216 g/mol. The number of rotatable bonds is 6. The molecule has 1 unspecified atom stereocenters. The Morgan fingerprint density at radius 2 is 2.50 bits per heavy atom. The van der Waals surface area contributed by atoms with Gasteiger partial charge in [-0.2, -0.15) is 5.10 Å². The van der Waals surface area contributed by atoms with Crippen molar-refractivity contribution < 1.29 is 5.11 Å². The smallest absolute Gasteiger partial charge is 0.185 e. The maximum absolute atomic E-state index is 9.04. The minimum atomic E-state index is 0.127. The summed E-state index contributed by atoms with van der Waals surface area (Å²) >= 11 is 1.59. The van der Waals surface area contributed by atoms with E-state index in [1.165, 1.54) is 6.33 Å². The van der Waals surface area contributed by atoms with Crippen LogP contribution in [-0.4, -0.2) is 44.8 Å². The average Bonchev–Trinajstić information content (AvgIpc) is 2.59. The van der Waals surface area contributed by atoms with Crippen LogP contribution in [0.5, 0.6) is 0 Å². The highest BCUT2D eigenvalue weighted by Gasteiger charge is 2.08. The van der Waals surface area contributed by atoms with E-state index in [0.29, 0.717) is 0 Å². The summed E-state index contributed by atoms with van der Waals surface area (Å²) in [7, 11) is 1.86. The number of hydrogen-bond acceptors (Lipinski definition) is 5. The van der Waals surface area contributed by atoms with Crippen molar-refractivity contribution in [2.24, 2.45) is 7.05 Å². The van der Waals surface area contributed by atoms with Crippen LogP contribution in [0.4, 0.5) is 0 Å². The molecule has 0 radical (unpaired) electrons. The quantitative estimate of drug-likeness (QED) is 0.649. The molecule has 0 amide bonds. The predicted octanol–water partition coefficient (Wildman–Crippen LogP) is -0.122. The maximum Gasteiger partial charge on any atom is 0.185 e. The van der Waals surface area contributed by atoms with E-state index in [-0.39, 0.29) is 12.6 Å². The maximum atomic E-state index is 9.04. The molecule has 2 N–H and O–H groups in total. The van der Waals surface area contributed by atoms with Crippen molar-refractivity contribution in [2.45, 2.75) is 18.1 Å². The van der Waals surface area contributed by atoms with E-state index in [2.05, 4.69) is 15.4 Å². The van der Waals surface area contributed by atoms with E-state index in [9.17, 15) is 0 Å². The van der Waals surface area contributed by atoms with E-state index in [1.807, 2.05) is 14.0 Å². The van der Waals surface area contributed by atoms with Crippen molar-refractivity contribution in [1.82, 2.24) is 20.1 Å². The fourth-order valence-electron chi connectivity index (χ4n) is 1.06. The van der Waals surface area contributed by atoms with Gasteiger partial charge in [-0.1, -0.05) is 18.7 Å². The van der Waals surface area contributed by atoms with Crippen LogP contribution in [0.2, 0.25) is 0 Å². The Bertz CT molecular complexity index is 266. The van der Waals surface area contributed by atoms with E-state index in [4.69, 9.17) is 5.11 Å². The number of likely N-dealkylation sites (N-methyl/N-ethyl adjacent to an activating group) is 1. The summed E-state index contributed by atoms with van der Waals surface area (Å²) in [4.78, 5) is 4.09. The molecule has 1 heterocycles. The molecule has 1 rings (SSSR count). The van der Waals surface area contributed by atoms with Gasteiger partial charge in [0, 0.05) is 18.8 Å². The van der Waals surface area contributed by atoms with Crippen LogP contribution in [0.15, 0.2) is 11.5 Å². The number of nitrogens with one attached hydrogen (secondary N) is 1. The fraction of sp³-hybridized carbons (Fsp3) is 0.750. The Morgan fingerprint density at radius 1 is 1.71 bits per heavy atom. The number of hydrogen-bond donors (Lipinski definition) is 2. The lowest BCUT2D eigenvalue weighted by atomic mass is 10.4. The molecule has 0 aliphatic rings. The minimum absolute atomic E-state index is 0.127. The molecule has 1 aromatic heterocycles. The summed E-state index contributed by atoms with van der Waals surface area (Å²) in [5, 5.41) is 17.1. The average molecular weight is 216 g/mol. The normalized spacial score (nSPS) is 13.1. The summed E-state index contributed by atoms with van der Waals surface area (Å²) in [6, 6.07) is 0.127. The summed E-state index contributed by atoms with van der Waals surface area (Å²) in [5.74, 6) is 0.802. The first-order chi connectivity index (χ1) is 6.77. The SMILES string of the molecule is CCNC(CO)CSc1ncnn1C. The van der Waals surface area contributed by atoms with Crippen LogP contribution in [-0.2, 0) is 7.05 Å². The lowest BCUT2D eigenvalue weighted by Gasteiger charge is -2.13. The van der Waals surface area contributed by atoms with E-state index >= 15 is 0 Å². The molecule has 0 aliphatic heterocycles. The van der Waals surface area contributed by atoms with Gasteiger partial charge >= 0.3 is 0 Å². The summed E-state index contributed by atoms with van der Waals surface area (Å²) in [5.41, 5.74) is 0. The van der Waals surface area contributed by atoms with Crippen molar-refractivity contribution in [3.8, 4) is 0 Å². The fourth-order valence-corrected chi connectivity index (χ4v) is 1.99. The molecule has 0 aromatic carbocycles. The van der Waals surface area contributed by atoms with Crippen molar-refractivity contribution in [1.29, 1.82) is 0 Å². The molecule has 80 valence electrons. The minimum Gasteiger partial charge on any atom is -0.395 e. The van der Waals surface area contributed by atoms with Crippen LogP contribution in [0.1, 0.15) is 6.92 Å². The predicted molar refractivity (Wildman–Crippen MR) is 56.3 cm³/mol. The molecule has 0 saturated heterocycles. The molecule has 0 bridgehead atoms. The van der Waals surface area contributed by atoms with Gasteiger partial charge in [0.15, 0.2) is 5.16 Å². The summed E-state index contributed by atoms with van der Waals surface area (Å²) in [6.07, 6.45) is 1.53. The third-order valence-corrected chi connectivity index (χ3v) is 2.99. The molecular weight excluding hydrogens is 200 g/mol. The zero-order chi connectivity index (χ0) is 10.4. The Hall–Kier alpha value is -0.590. The van der Waals surface area contributed by atoms with Gasteiger partial charge in [0.05, 0.1) is 6.61 Å². The third-order valence-electron chi connectivity index (χ3n) is 1.80. The van der Waals surface area contributed by atoms with Gasteiger partial charge in [0.25, 0.3) is 0 Å². The molecule has 1 atom stereocenters. The van der Waals surface area contributed by atoms with Crippen LogP contribution >= 0.6 is 11.8 Å². The highest BCUT2D eigenvalue weighted by atomic mass is 32.2. The van der Waals surface area contributed by atoms with E-state index in [0.717, 1.165) is 17.5 Å². The summed E-state index contributed by atoms with van der Waals surface area (Å²) < 4.78 is 1.73. The number of thioether (sulfide) groups is 1. The molecule has 0 spiro atoms. The molecule has 0 saturated carbocycles. The number of aliphatic hydroxyl groups is 1. The highest BCUT2D eigenvalue weighted by molar-refractivity contribution is 7.99. The lowest BCUT2D eigenvalue weighted by molar-refractivity contribution is 0.255. The Balaban J connectivity index is 2.35. The number of aryl methyl sites for hydroxylation is 1. The Morgan fingerprint density at radius 3 is 3.00 bits per heavy atom. The molecular formula is C8H16N4OS. The van der Waals surface area contributed by atoms with Gasteiger partial charge in [-0.3, -0.25) is 0 Å². The highest BCUT2D eigenvalue weighted by Crippen LogP contribution is 2.13. The number of aromatic nitrogens is 3. The van der Waals surface area contributed by atoms with Gasteiger partial charge in [-0.15, -0.1) is 0 Å². The van der Waals surface area contributed by atoms with E-state index < -0.39 is 0 Å². The first-order valence-electron chi connectivity index (χ1n) is 4.59. The first-order valence-corrected chi connectivity index (χ1v) is 5.57. The van der Waals surface area contributed by atoms with Gasteiger partial charge in [0.1, 0.15) is 6.33 Å². The van der Waals surface area contributed by atoms with Crippen molar-refractivity contribution in [3.05, 3.63) is 6.33 Å². The van der Waals surface area contributed by atoms with Gasteiger partial charge in [-0.25, -0.2) is 9.67 Å². The Labute approximate surface area is 87.9 Å². The van der Waals surface area contributed by atoms with Crippen LogP contribution in [0.3, 0.4) is 0 Å². The molecule has 0 fully saturated rings. The van der Waals surface area contributed by atoms with Crippen LogP contribution in [0.25, 0.3) is 0 Å². The molecule has 1 aromatic rings. The second-order valence-electron chi connectivity index (χ2n) is 2.91. The van der Waals surface area contributed by atoms with Crippen molar-refractivity contribution in [2.75, 3.05) is 18.9 Å². The first kappa shape index (κ1) is 11.5. The van der Waals surface area contributed by atoms with Crippen LogP contribution < -0.4 is 5.32 Å². The number of aliphatic hydroxyl groups excluding tert-OH is 1. The molecule has 6 heteroatoms. The van der Waals surface area contributed by atoms with Gasteiger partial charge < -0.3 is 10.4 Å². The second kappa shape index (κ2) is 6.00. The third kappa shape index (κ3) is 3.28. The zero-order valence-electron chi connectivity index (χ0n) is 8.47. The summed E-state index contributed by atoms with van der Waals surface area (Å²) in [6.45, 7) is 3.04. The second-order valence-corrected chi connectivity index (χ2v) is 3.90. The van der Waals surface area contributed by atoms with Gasteiger partial charge in [-0.05, 0) is 6.54 Å². The topological polar surface area (TPSA) is 63.0 Å². The molecule has 14 heavy (non-hydrogen) atoms. The zero-order valence-corrected chi connectivity index (χ0v) is 9.29. The molecule has 0 aliphatic carbocycles. The van der Waals surface area contributed by atoms with E-state index in [1.54, 1.807) is 16.4 Å². The van der Waals surface area contributed by atoms with Crippen molar-refractivity contribution in [3.63, 3.8) is 0 Å².